The fourth-order valence-electron chi connectivity index (χ4n) is 7.08. The minimum absolute atomic E-state index is 0.0339. The first-order chi connectivity index (χ1) is 20.4. The Labute approximate surface area is 268 Å². The van der Waals surface area contributed by atoms with E-state index < -0.39 is 50.1 Å². The Morgan fingerprint density at radius 3 is 2.16 bits per heavy atom. The molecule has 3 aliphatic rings. The molecule has 16 heteroatoms. The van der Waals surface area contributed by atoms with Gasteiger partial charge in [-0.3, -0.25) is 0 Å². The number of halogens is 9. The molecule has 2 aliphatic carbocycles. The molecule has 0 spiro atoms. The van der Waals surface area contributed by atoms with Crippen LogP contribution in [-0.4, -0.2) is 51.3 Å². The van der Waals surface area contributed by atoms with Crippen molar-refractivity contribution in [2.45, 2.75) is 84.5 Å². The summed E-state index contributed by atoms with van der Waals surface area (Å²) in [7, 11) is -3.65. The summed E-state index contributed by atoms with van der Waals surface area (Å²) < 4.78 is 135. The van der Waals surface area contributed by atoms with Crippen molar-refractivity contribution in [3.05, 3.63) is 61.7 Å². The van der Waals surface area contributed by atoms with Crippen LogP contribution in [0.3, 0.4) is 0 Å². The number of carbonyl (C=O) groups is 1. The van der Waals surface area contributed by atoms with Crippen LogP contribution in [0.15, 0.2) is 41.3 Å². The van der Waals surface area contributed by atoms with Crippen LogP contribution in [0.1, 0.15) is 55.2 Å². The predicted molar refractivity (Wildman–Crippen MR) is 155 cm³/mol. The number of nitrogens with zero attached hydrogens (tertiary/aromatic N) is 1. The third-order valence-electron chi connectivity index (χ3n) is 9.34. The van der Waals surface area contributed by atoms with Gasteiger partial charge in [0.05, 0.1) is 0 Å². The summed E-state index contributed by atoms with van der Waals surface area (Å²) in [6, 6.07) is 4.61. The van der Waals surface area contributed by atoms with Crippen LogP contribution < -0.4 is 0 Å². The number of sulfone groups is 1. The van der Waals surface area contributed by atoms with Gasteiger partial charge in [-0.1, -0.05) is 11.6 Å². The van der Waals surface area contributed by atoms with E-state index in [1.807, 2.05) is 22.6 Å². The Morgan fingerprint density at radius 2 is 1.59 bits per heavy atom. The zero-order valence-corrected chi connectivity index (χ0v) is 26.6. The molecule has 1 amide bonds. The van der Waals surface area contributed by atoms with Crippen molar-refractivity contribution in [2.24, 2.45) is 5.92 Å². The summed E-state index contributed by atoms with van der Waals surface area (Å²) in [6.45, 7) is -0.0339. The molecule has 1 heterocycles. The molecule has 238 valence electrons. The Hall–Kier alpha value is -1.75. The van der Waals surface area contributed by atoms with Crippen molar-refractivity contribution in [3.63, 3.8) is 0 Å². The van der Waals surface area contributed by atoms with Crippen LogP contribution in [0.25, 0.3) is 0 Å². The second-order valence-electron chi connectivity index (χ2n) is 11.6. The van der Waals surface area contributed by atoms with Gasteiger partial charge in [0.25, 0.3) is 0 Å². The molecule has 1 aliphatic heterocycles. The minimum atomic E-state index is -6.34. The molecule has 1 saturated heterocycles. The molecule has 5 nitrogen and oxygen atoms in total. The number of fused-ring (bicyclic) bond motifs is 3. The Morgan fingerprint density at radius 1 is 0.955 bits per heavy atom. The molecule has 0 aromatic heterocycles. The van der Waals surface area contributed by atoms with Crippen molar-refractivity contribution in [3.8, 4) is 0 Å². The van der Waals surface area contributed by atoms with Crippen LogP contribution in [0, 0.1) is 9.49 Å². The summed E-state index contributed by atoms with van der Waals surface area (Å²) in [4.78, 5) is 15.0. The van der Waals surface area contributed by atoms with Crippen molar-refractivity contribution in [2.75, 3.05) is 6.54 Å². The van der Waals surface area contributed by atoms with E-state index in [1.165, 1.54) is 23.1 Å². The van der Waals surface area contributed by atoms with E-state index in [-0.39, 0.29) is 58.6 Å². The number of hydrogen-bond donors (Lipinski definition) is 0. The van der Waals surface area contributed by atoms with Crippen LogP contribution in [0.4, 0.5) is 30.7 Å². The van der Waals surface area contributed by atoms with Gasteiger partial charge in [-0.2, -0.15) is 26.3 Å². The summed E-state index contributed by atoms with van der Waals surface area (Å²) in [5, 5.41) is 0.112. The van der Waals surface area contributed by atoms with Crippen molar-refractivity contribution < 1.29 is 48.6 Å². The summed E-state index contributed by atoms with van der Waals surface area (Å²) >= 11 is 8.14. The molecule has 2 aromatic rings. The number of amides is 1. The van der Waals surface area contributed by atoms with Gasteiger partial charge in [0.15, 0.2) is 0 Å². The number of likely N-dealkylation sites (tertiary alicyclic amines) is 1. The normalized spacial score (nSPS) is 26.1. The first kappa shape index (κ1) is 33.6. The molecule has 2 fully saturated rings. The molecular weight excluding hydrogens is 753 g/mol. The predicted octanol–water partition coefficient (Wildman–Crippen LogP) is 7.48. The number of benzene rings is 2. The van der Waals surface area contributed by atoms with Gasteiger partial charge in [-0.25, -0.2) is 4.39 Å². The van der Waals surface area contributed by atoms with Crippen molar-refractivity contribution in [1.29, 1.82) is 0 Å². The van der Waals surface area contributed by atoms with Gasteiger partial charge in [0.2, 0.25) is 0 Å². The molecule has 2 unspecified atom stereocenters. The Bertz CT molecular complexity index is 1580. The van der Waals surface area contributed by atoms with Gasteiger partial charge < -0.3 is 0 Å². The Balaban J connectivity index is 1.66. The van der Waals surface area contributed by atoms with Gasteiger partial charge in [-0.15, -0.1) is 0 Å². The van der Waals surface area contributed by atoms with Crippen LogP contribution >= 0.6 is 34.2 Å². The fourth-order valence-corrected chi connectivity index (χ4v) is 10.1. The first-order valence-electron chi connectivity index (χ1n) is 13.8. The number of alkyl halides is 7. The van der Waals surface area contributed by atoms with E-state index in [0.29, 0.717) is 41.4 Å². The molecule has 2 aromatic carbocycles. The molecule has 1 saturated carbocycles. The zero-order chi connectivity index (χ0) is 32.5. The van der Waals surface area contributed by atoms with E-state index in [9.17, 15) is 44.3 Å². The Kier molecular flexibility index (Phi) is 8.78. The van der Waals surface area contributed by atoms with Crippen LogP contribution in [0.5, 0.6) is 0 Å². The third kappa shape index (κ3) is 5.10. The molecular formula is C28H25BClF7INO4S. The third-order valence-corrected chi connectivity index (χ3v) is 13.4. The number of aryl methyl sites for hydroxylation is 1. The van der Waals surface area contributed by atoms with Crippen molar-refractivity contribution in [1.82, 2.24) is 4.90 Å². The summed E-state index contributed by atoms with van der Waals surface area (Å²) in [6.07, 6.45) is -11.3. The van der Waals surface area contributed by atoms with Gasteiger partial charge in [0.1, 0.15) is 0 Å². The monoisotopic (exact) mass is 777 g/mol. The SMILES string of the molecule is O=BC1CCC(C(=O)N2CCC3(S(=O)(=O)c4ccc(I)c(Cl)c4)c4ccc(C(F)(C(F)(F)F)C(F)(F)F)cc4CCC23)CC1. The molecule has 0 bridgehead atoms. The van der Waals surface area contributed by atoms with Gasteiger partial charge in [0, 0.05) is 3.57 Å². The van der Waals surface area contributed by atoms with E-state index >= 15 is 4.39 Å². The van der Waals surface area contributed by atoms with Crippen molar-refractivity contribution >= 4 is 57.1 Å². The standard InChI is InChI=1S/C28H25BClF7INO4S/c30-21-14-19(7-9-22(21)38)44(42,43)25-11-12-39(24(40)15-1-5-18(29-41)6-2-15)23(25)10-3-16-13-17(4-8-20(16)25)26(31,27(32,33)34)28(35,36)37/h4,7-9,13-15,18,23H,1-3,5-6,10-12H2. The quantitative estimate of drug-likeness (QED) is 0.180. The fraction of sp³-hybridized carbons (Fsp3) is 0.536. The molecule has 44 heavy (non-hydrogen) atoms. The average molecular weight is 778 g/mol. The second kappa shape index (κ2) is 11.5. The first-order valence-corrected chi connectivity index (χ1v) is 16.8. The topological polar surface area (TPSA) is 71.5 Å². The maximum absolute atomic E-state index is 15.0. The van der Waals surface area contributed by atoms with E-state index in [2.05, 4.69) is 0 Å². The molecule has 2 atom stereocenters. The second-order valence-corrected chi connectivity index (χ2v) is 15.4. The molecule has 0 N–H and O–H groups in total. The molecule has 5 rings (SSSR count). The van der Waals surface area contributed by atoms with Crippen LogP contribution in [-0.2, 0) is 36.2 Å². The molecule has 0 radical (unpaired) electrons. The van der Waals surface area contributed by atoms with Crippen LogP contribution in [0.2, 0.25) is 10.8 Å². The van der Waals surface area contributed by atoms with E-state index in [4.69, 9.17) is 11.6 Å². The maximum atomic E-state index is 15.0. The van der Waals surface area contributed by atoms with Gasteiger partial charge in [-0.05, 0) is 22.6 Å². The summed E-state index contributed by atoms with van der Waals surface area (Å²) in [5.74, 6) is -0.949. The number of carbonyl (C=O) groups excluding carboxylic acids is 1. The van der Waals surface area contributed by atoms with E-state index in [1.54, 1.807) is 0 Å². The average Bonchev–Trinajstić information content (AvgIpc) is 3.38. The van der Waals surface area contributed by atoms with Gasteiger partial charge >= 0.3 is 201 Å². The number of rotatable bonds is 5. The zero-order valence-electron chi connectivity index (χ0n) is 22.8. The summed E-state index contributed by atoms with van der Waals surface area (Å²) in [5.41, 5.74) is -7.62. The number of hydrogen-bond acceptors (Lipinski definition) is 4. The van der Waals surface area contributed by atoms with E-state index in [0.717, 1.165) is 13.2 Å².